The van der Waals surface area contributed by atoms with E-state index < -0.39 is 5.97 Å². The molecule has 0 aromatic heterocycles. The number of hydrogen-bond acceptors (Lipinski definition) is 3. The van der Waals surface area contributed by atoms with Crippen LogP contribution in [0.1, 0.15) is 80.3 Å². The second-order valence-electron chi connectivity index (χ2n) is 7.01. The van der Waals surface area contributed by atoms with E-state index in [4.69, 9.17) is 0 Å². The lowest BCUT2D eigenvalue weighted by Gasteiger charge is -2.29. The summed E-state index contributed by atoms with van der Waals surface area (Å²) in [5, 5.41) is 30.8. The van der Waals surface area contributed by atoms with E-state index in [1.807, 2.05) is 13.0 Å². The predicted octanol–water partition coefficient (Wildman–Crippen LogP) is 4.99. The average Bonchev–Trinajstić information content (AvgIpc) is 2.50. The molecule has 2 rings (SSSR count). The van der Waals surface area contributed by atoms with Crippen LogP contribution in [0.4, 0.5) is 0 Å². The zero-order valence-electron chi connectivity index (χ0n) is 14.8. The summed E-state index contributed by atoms with van der Waals surface area (Å²) < 4.78 is 0. The lowest BCUT2D eigenvalue weighted by molar-refractivity contribution is 0.0692. The molecule has 132 valence electrons. The number of benzene rings is 1. The van der Waals surface area contributed by atoms with E-state index in [2.05, 4.69) is 13.8 Å². The first-order valence-electron chi connectivity index (χ1n) is 8.85. The first kappa shape index (κ1) is 18.4. The molecule has 3 N–H and O–H groups in total. The van der Waals surface area contributed by atoms with Crippen LogP contribution in [0.5, 0.6) is 11.5 Å². The number of aromatic carboxylic acids is 1. The van der Waals surface area contributed by atoms with Gasteiger partial charge in [0.15, 0.2) is 0 Å². The molecule has 0 radical (unpaired) electrons. The summed E-state index contributed by atoms with van der Waals surface area (Å²) in [5.41, 5.74) is 2.03. The molecule has 1 aromatic rings. The first-order valence-corrected chi connectivity index (χ1v) is 8.85. The highest BCUT2D eigenvalue weighted by atomic mass is 16.4. The summed E-state index contributed by atoms with van der Waals surface area (Å²) in [7, 11) is 0. The Kier molecular flexibility index (Phi) is 5.92. The monoisotopic (exact) mass is 332 g/mol. The fraction of sp³-hybridized carbons (Fsp3) is 0.550. The van der Waals surface area contributed by atoms with Crippen molar-refractivity contribution in [3.05, 3.63) is 34.4 Å². The molecule has 0 spiro atoms. The predicted molar refractivity (Wildman–Crippen MR) is 94.9 cm³/mol. The first-order chi connectivity index (χ1) is 11.4. The topological polar surface area (TPSA) is 77.8 Å². The number of aromatic hydroxyl groups is 2. The number of phenols is 2. The van der Waals surface area contributed by atoms with E-state index in [0.717, 1.165) is 32.1 Å². The number of carboxylic acid groups (broad SMARTS) is 1. The van der Waals surface area contributed by atoms with Gasteiger partial charge in [-0.25, -0.2) is 4.79 Å². The number of hydrogen-bond donors (Lipinski definition) is 3. The van der Waals surface area contributed by atoms with Crippen molar-refractivity contribution in [1.82, 2.24) is 0 Å². The summed E-state index contributed by atoms with van der Waals surface area (Å²) in [6, 6.07) is 1.54. The van der Waals surface area contributed by atoms with Crippen molar-refractivity contribution in [2.24, 2.45) is 5.92 Å². The van der Waals surface area contributed by atoms with E-state index >= 15 is 0 Å². The standard InChI is InChI=1S/C20H28O4/c1-4-5-6-7-14-11-16(21)18(19(22)17(14)20(23)24)15-10-12(2)8-9-13(15)3/h10-11,13,15,21-22H,4-9H2,1-3H3,(H,23,24)/t13?,15-/m1/s1. The summed E-state index contributed by atoms with van der Waals surface area (Å²) >= 11 is 0. The minimum Gasteiger partial charge on any atom is -0.507 e. The Hall–Kier alpha value is -1.97. The normalized spacial score (nSPS) is 20.7. The van der Waals surface area contributed by atoms with Crippen LogP contribution in [0.3, 0.4) is 0 Å². The van der Waals surface area contributed by atoms with Crippen LogP contribution in [0.15, 0.2) is 17.7 Å². The van der Waals surface area contributed by atoms with Crippen LogP contribution in [0, 0.1) is 5.92 Å². The summed E-state index contributed by atoms with van der Waals surface area (Å²) in [4.78, 5) is 11.7. The maximum absolute atomic E-state index is 11.7. The van der Waals surface area contributed by atoms with Crippen LogP contribution >= 0.6 is 0 Å². The zero-order valence-corrected chi connectivity index (χ0v) is 14.8. The Morgan fingerprint density at radius 3 is 2.62 bits per heavy atom. The Bertz CT molecular complexity index is 646. The van der Waals surface area contributed by atoms with E-state index in [1.165, 1.54) is 5.57 Å². The van der Waals surface area contributed by atoms with Crippen molar-refractivity contribution >= 4 is 5.97 Å². The SMILES string of the molecule is CCCCCc1cc(O)c([C@@H]2C=C(C)CCC2C)c(O)c1C(=O)O. The highest BCUT2D eigenvalue weighted by Gasteiger charge is 2.30. The minimum atomic E-state index is -1.13. The third-order valence-corrected chi connectivity index (χ3v) is 5.07. The molecule has 1 unspecified atom stereocenters. The molecule has 0 amide bonds. The number of unbranched alkanes of at least 4 members (excludes halogenated alkanes) is 2. The van der Waals surface area contributed by atoms with Crippen molar-refractivity contribution in [2.75, 3.05) is 0 Å². The number of carbonyl (C=O) groups is 1. The lowest BCUT2D eigenvalue weighted by Crippen LogP contribution is -2.15. The van der Waals surface area contributed by atoms with Crippen molar-refractivity contribution in [2.45, 2.75) is 65.2 Å². The van der Waals surface area contributed by atoms with Gasteiger partial charge in [0.25, 0.3) is 0 Å². The van der Waals surface area contributed by atoms with Gasteiger partial charge < -0.3 is 15.3 Å². The third kappa shape index (κ3) is 3.74. The number of allylic oxidation sites excluding steroid dienone is 2. The van der Waals surface area contributed by atoms with Crippen molar-refractivity contribution < 1.29 is 20.1 Å². The van der Waals surface area contributed by atoms with Gasteiger partial charge in [0.05, 0.1) is 0 Å². The molecule has 0 saturated carbocycles. The maximum Gasteiger partial charge on any atom is 0.339 e. The second kappa shape index (κ2) is 7.73. The van der Waals surface area contributed by atoms with Crippen molar-refractivity contribution in [3.8, 4) is 11.5 Å². The van der Waals surface area contributed by atoms with Gasteiger partial charge in [-0.15, -0.1) is 0 Å². The molecule has 0 heterocycles. The molecule has 0 aliphatic heterocycles. The molecule has 24 heavy (non-hydrogen) atoms. The molecule has 0 fully saturated rings. The fourth-order valence-electron chi connectivity index (χ4n) is 3.61. The van der Waals surface area contributed by atoms with Gasteiger partial charge in [0.2, 0.25) is 0 Å². The van der Waals surface area contributed by atoms with Gasteiger partial charge in [0, 0.05) is 11.5 Å². The van der Waals surface area contributed by atoms with Gasteiger partial charge in [-0.2, -0.15) is 0 Å². The highest BCUT2D eigenvalue weighted by molar-refractivity contribution is 5.94. The summed E-state index contributed by atoms with van der Waals surface area (Å²) in [6.45, 7) is 6.18. The average molecular weight is 332 g/mol. The Labute approximate surface area is 143 Å². The van der Waals surface area contributed by atoms with Gasteiger partial charge in [-0.05, 0) is 50.2 Å². The van der Waals surface area contributed by atoms with Crippen molar-refractivity contribution in [1.29, 1.82) is 0 Å². The minimum absolute atomic E-state index is 0.00629. The molecule has 1 aliphatic rings. The molecule has 4 nitrogen and oxygen atoms in total. The van der Waals surface area contributed by atoms with E-state index in [1.54, 1.807) is 6.07 Å². The largest absolute Gasteiger partial charge is 0.507 e. The summed E-state index contributed by atoms with van der Waals surface area (Å²) in [6.07, 6.45) is 7.42. The second-order valence-corrected chi connectivity index (χ2v) is 7.01. The van der Waals surface area contributed by atoms with Crippen LogP contribution in [-0.4, -0.2) is 21.3 Å². The molecular weight excluding hydrogens is 304 g/mol. The Morgan fingerprint density at radius 2 is 2.00 bits per heavy atom. The van der Waals surface area contributed by atoms with Gasteiger partial charge in [-0.3, -0.25) is 0 Å². The van der Waals surface area contributed by atoms with Crippen LogP contribution in [0.25, 0.3) is 0 Å². The van der Waals surface area contributed by atoms with Gasteiger partial charge in [-0.1, -0.05) is 38.3 Å². The molecule has 1 aromatic carbocycles. The lowest BCUT2D eigenvalue weighted by atomic mass is 9.76. The number of rotatable bonds is 6. The molecule has 4 heteroatoms. The molecule has 0 saturated heterocycles. The zero-order chi connectivity index (χ0) is 17.9. The molecule has 0 bridgehead atoms. The van der Waals surface area contributed by atoms with Gasteiger partial charge in [0.1, 0.15) is 17.1 Å². The number of phenolic OH excluding ortho intramolecular Hbond substituents is 1. The van der Waals surface area contributed by atoms with E-state index in [9.17, 15) is 20.1 Å². The van der Waals surface area contributed by atoms with Crippen LogP contribution < -0.4 is 0 Å². The number of carboxylic acids is 1. The van der Waals surface area contributed by atoms with E-state index in [-0.39, 0.29) is 28.9 Å². The summed E-state index contributed by atoms with van der Waals surface area (Å²) in [5.74, 6) is -1.30. The third-order valence-electron chi connectivity index (χ3n) is 5.07. The molecular formula is C20H28O4. The fourth-order valence-corrected chi connectivity index (χ4v) is 3.61. The van der Waals surface area contributed by atoms with Crippen LogP contribution in [0.2, 0.25) is 0 Å². The van der Waals surface area contributed by atoms with Crippen LogP contribution in [-0.2, 0) is 6.42 Å². The molecule has 2 atom stereocenters. The smallest absolute Gasteiger partial charge is 0.339 e. The maximum atomic E-state index is 11.7. The molecule has 1 aliphatic carbocycles. The van der Waals surface area contributed by atoms with Gasteiger partial charge >= 0.3 is 5.97 Å². The number of aryl methyl sites for hydroxylation is 1. The highest BCUT2D eigenvalue weighted by Crippen LogP contribution is 2.46. The Morgan fingerprint density at radius 1 is 1.29 bits per heavy atom. The van der Waals surface area contributed by atoms with E-state index in [0.29, 0.717) is 17.5 Å². The quantitative estimate of drug-likeness (QED) is 0.506. The Balaban J connectivity index is 2.52. The van der Waals surface area contributed by atoms with Crippen molar-refractivity contribution in [3.63, 3.8) is 0 Å².